The highest BCUT2D eigenvalue weighted by molar-refractivity contribution is 7.17. The van der Waals surface area contributed by atoms with Gasteiger partial charge in [0.15, 0.2) is 0 Å². The van der Waals surface area contributed by atoms with Gasteiger partial charge in [0.2, 0.25) is 0 Å². The zero-order valence-electron chi connectivity index (χ0n) is 13.5. The second kappa shape index (κ2) is 6.02. The summed E-state index contributed by atoms with van der Waals surface area (Å²) in [7, 11) is 1.99. The number of hydrogen-bond donors (Lipinski definition) is 0. The molecule has 0 amide bonds. The Balaban J connectivity index is 1.95. The van der Waals surface area contributed by atoms with Crippen LogP contribution in [0.15, 0.2) is 60.4 Å². The van der Waals surface area contributed by atoms with Crippen molar-refractivity contribution in [3.05, 3.63) is 65.9 Å². The van der Waals surface area contributed by atoms with Crippen molar-refractivity contribution in [1.29, 1.82) is 0 Å². The molecule has 0 saturated heterocycles. The molecule has 4 aromatic rings. The predicted molar refractivity (Wildman–Crippen MR) is 99.9 cm³/mol. The first kappa shape index (κ1) is 14.8. The van der Waals surface area contributed by atoms with E-state index in [-0.39, 0.29) is 0 Å². The summed E-state index contributed by atoms with van der Waals surface area (Å²) < 4.78 is 0. The molecule has 0 bridgehead atoms. The molecule has 3 aromatic heterocycles. The Morgan fingerprint density at radius 3 is 2.54 bits per heavy atom. The van der Waals surface area contributed by atoms with Crippen LogP contribution in [-0.4, -0.2) is 22.0 Å². The lowest BCUT2D eigenvalue weighted by Gasteiger charge is -2.18. The molecule has 0 spiro atoms. The molecule has 3 heterocycles. The van der Waals surface area contributed by atoms with Gasteiger partial charge in [0.25, 0.3) is 0 Å². The third kappa shape index (κ3) is 2.43. The number of aromatic nitrogens is 3. The van der Waals surface area contributed by atoms with E-state index in [9.17, 15) is 0 Å². The quantitative estimate of drug-likeness (QED) is 0.539. The minimum absolute atomic E-state index is 0.861. The number of rotatable bonds is 3. The van der Waals surface area contributed by atoms with Crippen molar-refractivity contribution < 1.29 is 0 Å². The SMILES string of the molecule is Cc1ccccc1-c1csc2ncnc(N(C)c3ccccn3)c12. The molecule has 24 heavy (non-hydrogen) atoms. The molecule has 0 aliphatic carbocycles. The minimum atomic E-state index is 0.861. The van der Waals surface area contributed by atoms with Gasteiger partial charge in [-0.1, -0.05) is 30.3 Å². The van der Waals surface area contributed by atoms with Gasteiger partial charge in [0.05, 0.1) is 5.39 Å². The van der Waals surface area contributed by atoms with Gasteiger partial charge in [0.1, 0.15) is 22.8 Å². The highest BCUT2D eigenvalue weighted by atomic mass is 32.1. The number of benzene rings is 1. The standard InChI is InChI=1S/C19H16N4S/c1-13-7-3-4-8-14(13)15-11-24-19-17(15)18(21-12-22-19)23(2)16-9-5-6-10-20-16/h3-12H,1-2H3. The zero-order valence-corrected chi connectivity index (χ0v) is 14.3. The maximum atomic E-state index is 4.55. The largest absolute Gasteiger partial charge is 0.314 e. The van der Waals surface area contributed by atoms with Gasteiger partial charge in [-0.15, -0.1) is 11.3 Å². The monoisotopic (exact) mass is 332 g/mol. The van der Waals surface area contributed by atoms with Crippen LogP contribution >= 0.6 is 11.3 Å². The summed E-state index contributed by atoms with van der Waals surface area (Å²) in [6, 6.07) is 14.3. The second-order valence-electron chi connectivity index (χ2n) is 5.59. The molecular weight excluding hydrogens is 316 g/mol. The van der Waals surface area contributed by atoms with Crippen LogP contribution in [0.2, 0.25) is 0 Å². The highest BCUT2D eigenvalue weighted by Gasteiger charge is 2.17. The number of fused-ring (bicyclic) bond motifs is 1. The first-order valence-corrected chi connectivity index (χ1v) is 8.56. The van der Waals surface area contributed by atoms with Gasteiger partial charge in [0, 0.05) is 24.2 Å². The van der Waals surface area contributed by atoms with E-state index in [1.165, 1.54) is 16.7 Å². The van der Waals surface area contributed by atoms with E-state index in [2.05, 4.69) is 51.5 Å². The second-order valence-corrected chi connectivity index (χ2v) is 6.45. The average Bonchev–Trinajstić information content (AvgIpc) is 3.06. The summed E-state index contributed by atoms with van der Waals surface area (Å²) in [5, 5.41) is 3.24. The molecule has 0 aliphatic heterocycles. The van der Waals surface area contributed by atoms with Gasteiger partial charge < -0.3 is 4.90 Å². The Morgan fingerprint density at radius 1 is 0.917 bits per heavy atom. The number of hydrogen-bond acceptors (Lipinski definition) is 5. The lowest BCUT2D eigenvalue weighted by molar-refractivity contribution is 1.07. The molecule has 4 nitrogen and oxygen atoms in total. The molecule has 0 radical (unpaired) electrons. The third-order valence-electron chi connectivity index (χ3n) is 4.10. The topological polar surface area (TPSA) is 41.9 Å². The minimum Gasteiger partial charge on any atom is -0.314 e. The maximum absolute atomic E-state index is 4.55. The number of nitrogens with zero attached hydrogens (tertiary/aromatic N) is 4. The smallest absolute Gasteiger partial charge is 0.146 e. The number of thiophene rings is 1. The van der Waals surface area contributed by atoms with Crippen molar-refractivity contribution in [3.63, 3.8) is 0 Å². The van der Waals surface area contributed by atoms with E-state index >= 15 is 0 Å². The zero-order chi connectivity index (χ0) is 16.5. The fourth-order valence-corrected chi connectivity index (χ4v) is 3.75. The van der Waals surface area contributed by atoms with Crippen LogP contribution in [0.4, 0.5) is 11.6 Å². The van der Waals surface area contributed by atoms with E-state index in [4.69, 9.17) is 0 Å². The molecule has 0 unspecified atom stereocenters. The number of anilines is 2. The van der Waals surface area contributed by atoms with Crippen LogP contribution < -0.4 is 4.90 Å². The summed E-state index contributed by atoms with van der Waals surface area (Å²) in [6.07, 6.45) is 3.41. The summed E-state index contributed by atoms with van der Waals surface area (Å²) >= 11 is 1.65. The highest BCUT2D eigenvalue weighted by Crippen LogP contribution is 2.39. The van der Waals surface area contributed by atoms with Crippen molar-refractivity contribution in [1.82, 2.24) is 15.0 Å². The number of pyridine rings is 1. The summed E-state index contributed by atoms with van der Waals surface area (Å²) in [6.45, 7) is 2.13. The van der Waals surface area contributed by atoms with E-state index in [0.717, 1.165) is 21.9 Å². The Bertz CT molecular complexity index is 995. The van der Waals surface area contributed by atoms with Gasteiger partial charge in [-0.25, -0.2) is 15.0 Å². The Labute approximate surface area is 144 Å². The lowest BCUT2D eigenvalue weighted by Crippen LogP contribution is -2.13. The van der Waals surface area contributed by atoms with Crippen molar-refractivity contribution >= 4 is 33.2 Å². The molecule has 0 aliphatic rings. The molecule has 0 fully saturated rings. The molecule has 118 valence electrons. The first-order chi connectivity index (χ1) is 11.8. The van der Waals surface area contributed by atoms with Crippen LogP contribution in [0, 0.1) is 6.92 Å². The van der Waals surface area contributed by atoms with E-state index in [1.807, 2.05) is 30.1 Å². The molecule has 1 aromatic carbocycles. The van der Waals surface area contributed by atoms with Crippen LogP contribution in [0.1, 0.15) is 5.56 Å². The van der Waals surface area contributed by atoms with Crippen LogP contribution in [0.25, 0.3) is 21.3 Å². The van der Waals surface area contributed by atoms with Gasteiger partial charge in [-0.3, -0.25) is 0 Å². The fraction of sp³-hybridized carbons (Fsp3) is 0.105. The summed E-state index contributed by atoms with van der Waals surface area (Å²) in [4.78, 5) is 16.4. The summed E-state index contributed by atoms with van der Waals surface area (Å²) in [5.74, 6) is 1.73. The van der Waals surface area contributed by atoms with Crippen molar-refractivity contribution in [2.45, 2.75) is 6.92 Å². The van der Waals surface area contributed by atoms with Crippen molar-refractivity contribution in [2.75, 3.05) is 11.9 Å². The average molecular weight is 332 g/mol. The Kier molecular flexibility index (Phi) is 3.70. The normalized spacial score (nSPS) is 10.9. The van der Waals surface area contributed by atoms with Gasteiger partial charge in [-0.2, -0.15) is 0 Å². The summed E-state index contributed by atoms with van der Waals surface area (Å²) in [5.41, 5.74) is 3.63. The van der Waals surface area contributed by atoms with Crippen molar-refractivity contribution in [3.8, 4) is 11.1 Å². The molecule has 4 rings (SSSR count). The Morgan fingerprint density at radius 2 is 1.75 bits per heavy atom. The van der Waals surface area contributed by atoms with Crippen LogP contribution in [-0.2, 0) is 0 Å². The molecular formula is C19H16N4S. The predicted octanol–water partition coefficient (Wildman–Crippen LogP) is 4.83. The molecule has 0 saturated carbocycles. The fourth-order valence-electron chi connectivity index (χ4n) is 2.85. The molecule has 5 heteroatoms. The molecule has 0 atom stereocenters. The maximum Gasteiger partial charge on any atom is 0.146 e. The van der Waals surface area contributed by atoms with E-state index in [1.54, 1.807) is 23.9 Å². The third-order valence-corrected chi connectivity index (χ3v) is 4.98. The number of aryl methyl sites for hydroxylation is 1. The van der Waals surface area contributed by atoms with E-state index in [0.29, 0.717) is 0 Å². The van der Waals surface area contributed by atoms with Crippen LogP contribution in [0.5, 0.6) is 0 Å². The van der Waals surface area contributed by atoms with Gasteiger partial charge in [-0.05, 0) is 30.2 Å². The lowest BCUT2D eigenvalue weighted by atomic mass is 10.0. The van der Waals surface area contributed by atoms with Crippen LogP contribution in [0.3, 0.4) is 0 Å². The van der Waals surface area contributed by atoms with Gasteiger partial charge >= 0.3 is 0 Å². The first-order valence-electron chi connectivity index (χ1n) is 7.68. The molecule has 0 N–H and O–H groups in total. The van der Waals surface area contributed by atoms with Crippen molar-refractivity contribution in [2.24, 2.45) is 0 Å². The van der Waals surface area contributed by atoms with E-state index < -0.39 is 0 Å². The Hall–Kier alpha value is -2.79.